The molecule has 0 saturated heterocycles. The molecule has 110 valence electrons. The molecule has 0 aliphatic rings. The van der Waals surface area contributed by atoms with Crippen molar-refractivity contribution in [3.05, 3.63) is 30.3 Å². The zero-order valence-corrected chi connectivity index (χ0v) is 13.1. The van der Waals surface area contributed by atoms with Gasteiger partial charge in [0.15, 0.2) is 0 Å². The molecule has 6 heteroatoms. The predicted molar refractivity (Wildman–Crippen MR) is 79.7 cm³/mol. The molecule has 0 aliphatic carbocycles. The normalized spacial score (nSPS) is 10.2. The van der Waals surface area contributed by atoms with Gasteiger partial charge < -0.3 is 14.2 Å². The van der Waals surface area contributed by atoms with E-state index in [-0.39, 0.29) is 11.9 Å². The molecule has 1 aromatic rings. The lowest BCUT2D eigenvalue weighted by Crippen LogP contribution is -2.27. The third kappa shape index (κ3) is 7.58. The lowest BCUT2D eigenvalue weighted by Gasteiger charge is -2.14. The molecule has 20 heavy (non-hydrogen) atoms. The Morgan fingerprint density at radius 3 is 2.20 bits per heavy atom. The van der Waals surface area contributed by atoms with E-state index in [0.717, 1.165) is 25.1 Å². The maximum absolute atomic E-state index is 10.9. The zero-order valence-electron chi connectivity index (χ0n) is 11.9. The first-order valence-electron chi connectivity index (χ1n) is 6.71. The Labute approximate surface area is 121 Å². The smallest absolute Gasteiger partial charge is 0.448 e. The third-order valence-corrected chi connectivity index (χ3v) is 4.63. The van der Waals surface area contributed by atoms with E-state index in [9.17, 15) is 9.59 Å². The van der Waals surface area contributed by atoms with Crippen LogP contribution in [0.4, 0.5) is 5.69 Å². The van der Waals surface area contributed by atoms with Crippen LogP contribution >= 0.6 is 0 Å². The van der Waals surface area contributed by atoms with E-state index in [1.807, 2.05) is 30.3 Å². The lowest BCUT2D eigenvalue weighted by molar-refractivity contribution is -0.137. The molecule has 5 nitrogen and oxygen atoms in total. The summed E-state index contributed by atoms with van der Waals surface area (Å²) in [6, 6.07) is 10.6. The highest BCUT2D eigenvalue weighted by atomic mass is 28.3. The van der Waals surface area contributed by atoms with Gasteiger partial charge in [-0.3, -0.25) is 9.59 Å². The van der Waals surface area contributed by atoms with E-state index in [1.54, 1.807) is 0 Å². The van der Waals surface area contributed by atoms with E-state index in [0.29, 0.717) is 6.04 Å². The first kappa shape index (κ1) is 16.2. The van der Waals surface area contributed by atoms with Gasteiger partial charge in [0, 0.05) is 32.1 Å². The highest BCUT2D eigenvalue weighted by molar-refractivity contribution is 6.48. The fourth-order valence-corrected chi connectivity index (χ4v) is 3.38. The second-order valence-corrected chi connectivity index (χ2v) is 6.34. The Morgan fingerprint density at radius 1 is 1.05 bits per heavy atom. The van der Waals surface area contributed by atoms with Crippen molar-refractivity contribution in [2.24, 2.45) is 0 Å². The molecule has 0 atom stereocenters. The quantitative estimate of drug-likeness (QED) is 0.588. The molecule has 0 heterocycles. The number of carbonyl (C=O) groups is 2. The Hall–Kier alpha value is -1.82. The second kappa shape index (κ2) is 9.14. The Balaban J connectivity index is 2.19. The standard InChI is InChI=1S/C14H21NO4Si/c1-12(16)18-20(19-13(2)17)11-7-6-10-15-14-8-4-3-5-9-14/h3-5,8-9,15,20H,6-7,10-11H2,1-2H3. The molecule has 0 radical (unpaired) electrons. The topological polar surface area (TPSA) is 64.6 Å². The van der Waals surface area contributed by atoms with Gasteiger partial charge in [0.25, 0.3) is 11.9 Å². The van der Waals surface area contributed by atoms with Crippen molar-refractivity contribution >= 4 is 26.9 Å². The van der Waals surface area contributed by atoms with Crippen molar-refractivity contribution in [3.63, 3.8) is 0 Å². The molecule has 0 bridgehead atoms. The van der Waals surface area contributed by atoms with Crippen LogP contribution in [0.25, 0.3) is 0 Å². The maximum atomic E-state index is 10.9. The highest BCUT2D eigenvalue weighted by Crippen LogP contribution is 2.08. The molecule has 0 amide bonds. The average Bonchev–Trinajstić information content (AvgIpc) is 2.38. The molecule has 0 saturated carbocycles. The highest BCUT2D eigenvalue weighted by Gasteiger charge is 2.19. The van der Waals surface area contributed by atoms with Crippen LogP contribution in [0.3, 0.4) is 0 Å². The van der Waals surface area contributed by atoms with Gasteiger partial charge in [0.05, 0.1) is 0 Å². The minimum Gasteiger partial charge on any atom is -0.487 e. The van der Waals surface area contributed by atoms with Crippen LogP contribution in [0, 0.1) is 0 Å². The molecular weight excluding hydrogens is 274 g/mol. The number of hydrogen-bond acceptors (Lipinski definition) is 5. The van der Waals surface area contributed by atoms with Gasteiger partial charge in [-0.05, 0) is 25.0 Å². The van der Waals surface area contributed by atoms with E-state index < -0.39 is 9.28 Å². The fraction of sp³-hybridized carbons (Fsp3) is 0.429. The summed E-state index contributed by atoms with van der Waals surface area (Å²) in [5, 5.41) is 3.30. The van der Waals surface area contributed by atoms with E-state index in [1.165, 1.54) is 13.8 Å². The zero-order chi connectivity index (χ0) is 14.8. The van der Waals surface area contributed by atoms with Gasteiger partial charge in [0.2, 0.25) is 0 Å². The van der Waals surface area contributed by atoms with Gasteiger partial charge in [0.1, 0.15) is 0 Å². The van der Waals surface area contributed by atoms with Crippen molar-refractivity contribution in [2.75, 3.05) is 11.9 Å². The molecule has 0 fully saturated rings. The Morgan fingerprint density at radius 2 is 1.65 bits per heavy atom. The van der Waals surface area contributed by atoms with E-state index >= 15 is 0 Å². The molecule has 0 unspecified atom stereocenters. The number of unbranched alkanes of at least 4 members (excludes halogenated alkanes) is 1. The molecule has 0 aliphatic heterocycles. The number of benzene rings is 1. The summed E-state index contributed by atoms with van der Waals surface area (Å²) < 4.78 is 10.1. The first-order valence-corrected chi connectivity index (χ1v) is 8.47. The number of rotatable bonds is 8. The van der Waals surface area contributed by atoms with Crippen molar-refractivity contribution in [1.29, 1.82) is 0 Å². The minimum absolute atomic E-state index is 0.384. The lowest BCUT2D eigenvalue weighted by atomic mass is 10.3. The van der Waals surface area contributed by atoms with Crippen molar-refractivity contribution in [2.45, 2.75) is 32.7 Å². The third-order valence-electron chi connectivity index (χ3n) is 2.56. The van der Waals surface area contributed by atoms with Crippen LogP contribution in [0.5, 0.6) is 0 Å². The van der Waals surface area contributed by atoms with Crippen molar-refractivity contribution in [1.82, 2.24) is 0 Å². The van der Waals surface area contributed by atoms with Crippen LogP contribution in [-0.4, -0.2) is 27.8 Å². The van der Waals surface area contributed by atoms with Crippen LogP contribution in [0.2, 0.25) is 6.04 Å². The summed E-state index contributed by atoms with van der Waals surface area (Å²) in [5.74, 6) is -0.768. The Bertz CT molecular complexity index is 408. The van der Waals surface area contributed by atoms with Gasteiger partial charge in [-0.2, -0.15) is 0 Å². The minimum atomic E-state index is -2.19. The van der Waals surface area contributed by atoms with Gasteiger partial charge in [-0.25, -0.2) is 0 Å². The summed E-state index contributed by atoms with van der Waals surface area (Å²) in [4.78, 5) is 21.8. The number of anilines is 1. The predicted octanol–water partition coefficient (Wildman–Crippen LogP) is 2.23. The van der Waals surface area contributed by atoms with Gasteiger partial charge in [-0.1, -0.05) is 18.2 Å². The monoisotopic (exact) mass is 295 g/mol. The van der Waals surface area contributed by atoms with E-state index in [2.05, 4.69) is 5.32 Å². The van der Waals surface area contributed by atoms with Crippen molar-refractivity contribution < 1.29 is 18.4 Å². The summed E-state index contributed by atoms with van der Waals surface area (Å²) in [7, 11) is -2.19. The Kier molecular flexibility index (Phi) is 7.42. The summed E-state index contributed by atoms with van der Waals surface area (Å²) >= 11 is 0. The van der Waals surface area contributed by atoms with Crippen LogP contribution in [0.15, 0.2) is 30.3 Å². The molecule has 0 aromatic heterocycles. The summed E-state index contributed by atoms with van der Waals surface area (Å²) in [6.45, 7) is 3.51. The molecule has 0 spiro atoms. The summed E-state index contributed by atoms with van der Waals surface area (Å²) in [6.07, 6.45) is 1.79. The first-order chi connectivity index (χ1) is 9.58. The number of carbonyl (C=O) groups excluding carboxylic acids is 2. The molecular formula is C14H21NO4Si. The van der Waals surface area contributed by atoms with Gasteiger partial charge in [-0.15, -0.1) is 0 Å². The largest absolute Gasteiger partial charge is 0.487 e. The molecule has 1 N–H and O–H groups in total. The molecule has 1 aromatic carbocycles. The average molecular weight is 295 g/mol. The van der Waals surface area contributed by atoms with Crippen LogP contribution in [-0.2, 0) is 18.4 Å². The van der Waals surface area contributed by atoms with Crippen LogP contribution < -0.4 is 5.32 Å². The number of nitrogens with one attached hydrogen (secondary N) is 1. The number of hydrogen-bond donors (Lipinski definition) is 1. The van der Waals surface area contributed by atoms with Crippen molar-refractivity contribution in [3.8, 4) is 0 Å². The second-order valence-electron chi connectivity index (χ2n) is 4.44. The summed E-state index contributed by atoms with van der Waals surface area (Å²) in [5.41, 5.74) is 1.08. The number of para-hydroxylation sites is 1. The van der Waals surface area contributed by atoms with Gasteiger partial charge >= 0.3 is 9.28 Å². The SMILES string of the molecule is CC(=O)O[SiH](CCCCNc1ccccc1)OC(C)=O. The molecule has 1 rings (SSSR count). The van der Waals surface area contributed by atoms with Crippen LogP contribution in [0.1, 0.15) is 26.7 Å². The van der Waals surface area contributed by atoms with E-state index in [4.69, 9.17) is 8.85 Å². The fourth-order valence-electron chi connectivity index (χ4n) is 1.74. The maximum Gasteiger partial charge on any atom is 0.448 e.